The maximum absolute atomic E-state index is 12.6. The molecule has 3 rings (SSSR count). The number of rotatable bonds is 10. The number of benzene rings is 1. The number of nitrogens with zero attached hydrogens (tertiary/aromatic N) is 2. The highest BCUT2D eigenvalue weighted by Gasteiger charge is 2.27. The molecule has 1 aromatic heterocycles. The van der Waals surface area contributed by atoms with Gasteiger partial charge >= 0.3 is 0 Å². The zero-order chi connectivity index (χ0) is 20.6. The first-order chi connectivity index (χ1) is 14.1. The van der Waals surface area contributed by atoms with Crippen molar-refractivity contribution in [2.45, 2.75) is 84.7 Å². The van der Waals surface area contributed by atoms with E-state index >= 15 is 0 Å². The van der Waals surface area contributed by atoms with Crippen molar-refractivity contribution in [3.63, 3.8) is 0 Å². The van der Waals surface area contributed by atoms with Crippen LogP contribution in [0.5, 0.6) is 0 Å². The van der Waals surface area contributed by atoms with Gasteiger partial charge in [0.15, 0.2) is 5.78 Å². The van der Waals surface area contributed by atoms with E-state index in [4.69, 9.17) is 4.98 Å². The molecule has 1 aliphatic rings. The molecule has 0 N–H and O–H groups in total. The second-order valence-corrected chi connectivity index (χ2v) is 8.62. The Hall–Kier alpha value is -2.16. The van der Waals surface area contributed by atoms with Crippen molar-refractivity contribution in [1.29, 1.82) is 0 Å². The largest absolute Gasteiger partial charge is 0.349 e. The fourth-order valence-corrected chi connectivity index (χ4v) is 4.29. The predicted octanol–water partition coefficient (Wildman–Crippen LogP) is 6.60. The molecule has 1 unspecified atom stereocenters. The Kier molecular flexibility index (Phi) is 7.85. The van der Waals surface area contributed by atoms with Crippen LogP contribution in [0.15, 0.2) is 42.5 Å². The molecule has 1 atom stereocenters. The van der Waals surface area contributed by atoms with Crippen LogP contribution < -0.4 is 4.90 Å². The van der Waals surface area contributed by atoms with Crippen molar-refractivity contribution < 1.29 is 4.79 Å². The Bertz CT molecular complexity index is 781. The first-order valence-electron chi connectivity index (χ1n) is 11.5. The van der Waals surface area contributed by atoms with Gasteiger partial charge < -0.3 is 4.90 Å². The van der Waals surface area contributed by atoms with Crippen molar-refractivity contribution in [1.82, 2.24) is 4.98 Å². The lowest BCUT2D eigenvalue weighted by molar-refractivity contribution is 0.0977. The minimum atomic E-state index is 0.162. The fraction of sp³-hybridized carbons (Fsp3) is 0.538. The van der Waals surface area contributed by atoms with Gasteiger partial charge in [0.05, 0.1) is 0 Å². The summed E-state index contributed by atoms with van der Waals surface area (Å²) in [6.07, 6.45) is 8.59. The van der Waals surface area contributed by atoms with Gasteiger partial charge in [-0.25, -0.2) is 4.98 Å². The molecule has 0 spiro atoms. The average molecular weight is 393 g/mol. The standard InChI is InChI=1S/C26H36N2O/c1-4-11-25(29)24-17-16-22(18-20(3)5-2)26(27-24)28(23-14-9-10-15-23)19-21-12-7-6-8-13-21/h6-8,12-13,16-17,20,23H,4-5,9-11,14-15,18-19H2,1-3H3. The minimum Gasteiger partial charge on any atom is -0.349 e. The van der Waals surface area contributed by atoms with E-state index in [2.05, 4.69) is 62.1 Å². The van der Waals surface area contributed by atoms with Crippen molar-refractivity contribution in [2.24, 2.45) is 5.92 Å². The van der Waals surface area contributed by atoms with Crippen LogP contribution in [0, 0.1) is 5.92 Å². The van der Waals surface area contributed by atoms with Crippen LogP contribution >= 0.6 is 0 Å². The number of pyridine rings is 1. The van der Waals surface area contributed by atoms with E-state index in [1.54, 1.807) is 0 Å². The van der Waals surface area contributed by atoms with E-state index in [1.807, 2.05) is 6.07 Å². The van der Waals surface area contributed by atoms with Gasteiger partial charge in [-0.15, -0.1) is 0 Å². The van der Waals surface area contributed by atoms with E-state index < -0.39 is 0 Å². The van der Waals surface area contributed by atoms with Crippen LogP contribution in [0.4, 0.5) is 5.82 Å². The zero-order valence-electron chi connectivity index (χ0n) is 18.4. The predicted molar refractivity (Wildman–Crippen MR) is 122 cm³/mol. The Balaban J connectivity index is 2.01. The molecule has 2 aromatic rings. The molecule has 3 nitrogen and oxygen atoms in total. The normalized spacial score (nSPS) is 15.4. The van der Waals surface area contributed by atoms with Gasteiger partial charge in [0.1, 0.15) is 11.5 Å². The third-order valence-electron chi connectivity index (χ3n) is 6.22. The van der Waals surface area contributed by atoms with Gasteiger partial charge in [0.25, 0.3) is 0 Å². The number of hydrogen-bond donors (Lipinski definition) is 0. The smallest absolute Gasteiger partial charge is 0.181 e. The van der Waals surface area contributed by atoms with E-state index in [9.17, 15) is 4.79 Å². The van der Waals surface area contributed by atoms with Crippen LogP contribution in [-0.2, 0) is 13.0 Å². The summed E-state index contributed by atoms with van der Waals surface area (Å²) < 4.78 is 0. The summed E-state index contributed by atoms with van der Waals surface area (Å²) in [6.45, 7) is 7.46. The number of aromatic nitrogens is 1. The maximum Gasteiger partial charge on any atom is 0.181 e. The van der Waals surface area contributed by atoms with E-state index in [1.165, 1.54) is 36.8 Å². The van der Waals surface area contributed by atoms with E-state index in [-0.39, 0.29) is 5.78 Å². The van der Waals surface area contributed by atoms with Crippen molar-refractivity contribution >= 4 is 11.6 Å². The summed E-state index contributed by atoms with van der Waals surface area (Å²) in [5, 5.41) is 0. The highest BCUT2D eigenvalue weighted by atomic mass is 16.1. The third-order valence-corrected chi connectivity index (χ3v) is 6.22. The first kappa shape index (κ1) is 21.5. The summed E-state index contributed by atoms with van der Waals surface area (Å²) >= 11 is 0. The van der Waals surface area contributed by atoms with Crippen LogP contribution in [-0.4, -0.2) is 16.8 Å². The summed E-state index contributed by atoms with van der Waals surface area (Å²) in [5.74, 6) is 1.81. The molecule has 156 valence electrons. The number of carbonyl (C=O) groups is 1. The number of Topliss-reactive ketones (excluding diaryl/α,β-unsaturated/α-hetero) is 1. The van der Waals surface area contributed by atoms with E-state index in [0.717, 1.165) is 31.6 Å². The average Bonchev–Trinajstić information content (AvgIpc) is 3.28. The third kappa shape index (κ3) is 5.68. The van der Waals surface area contributed by atoms with Gasteiger partial charge in [-0.1, -0.05) is 76.4 Å². The molecule has 0 radical (unpaired) electrons. The van der Waals surface area contributed by atoms with Gasteiger partial charge in [0.2, 0.25) is 0 Å². The second-order valence-electron chi connectivity index (χ2n) is 8.62. The van der Waals surface area contributed by atoms with Gasteiger partial charge in [-0.3, -0.25) is 4.79 Å². The van der Waals surface area contributed by atoms with Crippen LogP contribution in [0.3, 0.4) is 0 Å². The lowest BCUT2D eigenvalue weighted by Gasteiger charge is -2.32. The molecule has 0 aliphatic heterocycles. The Morgan fingerprint density at radius 1 is 1.10 bits per heavy atom. The molecule has 1 aromatic carbocycles. The van der Waals surface area contributed by atoms with Crippen molar-refractivity contribution in [3.05, 3.63) is 59.3 Å². The molecule has 1 aliphatic carbocycles. The molecule has 1 saturated carbocycles. The monoisotopic (exact) mass is 392 g/mol. The number of hydrogen-bond acceptors (Lipinski definition) is 3. The summed E-state index contributed by atoms with van der Waals surface area (Å²) in [4.78, 5) is 20.1. The second kappa shape index (κ2) is 10.6. The maximum atomic E-state index is 12.6. The van der Waals surface area contributed by atoms with Crippen LogP contribution in [0.2, 0.25) is 0 Å². The first-order valence-corrected chi connectivity index (χ1v) is 11.5. The van der Waals surface area contributed by atoms with Crippen LogP contribution in [0.1, 0.15) is 87.3 Å². The highest BCUT2D eigenvalue weighted by molar-refractivity contribution is 5.94. The Morgan fingerprint density at radius 2 is 1.83 bits per heavy atom. The van der Waals surface area contributed by atoms with Crippen LogP contribution in [0.25, 0.3) is 0 Å². The van der Waals surface area contributed by atoms with E-state index in [0.29, 0.717) is 24.1 Å². The molecule has 0 amide bonds. The molecule has 1 fully saturated rings. The lowest BCUT2D eigenvalue weighted by Crippen LogP contribution is -2.34. The Morgan fingerprint density at radius 3 is 2.48 bits per heavy atom. The summed E-state index contributed by atoms with van der Waals surface area (Å²) in [7, 11) is 0. The highest BCUT2D eigenvalue weighted by Crippen LogP contribution is 2.32. The molecule has 0 saturated heterocycles. The quantitative estimate of drug-likeness (QED) is 0.427. The molecule has 29 heavy (non-hydrogen) atoms. The molecular formula is C26H36N2O. The summed E-state index contributed by atoms with van der Waals surface area (Å²) in [5.41, 5.74) is 3.22. The minimum absolute atomic E-state index is 0.162. The molecule has 3 heteroatoms. The molecular weight excluding hydrogens is 356 g/mol. The van der Waals surface area contributed by atoms with Crippen molar-refractivity contribution in [2.75, 3.05) is 4.90 Å². The fourth-order valence-electron chi connectivity index (χ4n) is 4.29. The van der Waals surface area contributed by atoms with Gasteiger partial charge in [0, 0.05) is 19.0 Å². The van der Waals surface area contributed by atoms with Gasteiger partial charge in [-0.05, 0) is 48.8 Å². The number of carbonyl (C=O) groups excluding carboxylic acids is 1. The topological polar surface area (TPSA) is 33.2 Å². The lowest BCUT2D eigenvalue weighted by atomic mass is 9.97. The molecule has 0 bridgehead atoms. The molecule has 1 heterocycles. The van der Waals surface area contributed by atoms with Crippen molar-refractivity contribution in [3.8, 4) is 0 Å². The zero-order valence-corrected chi connectivity index (χ0v) is 18.4. The number of anilines is 1. The Labute approximate surface area is 176 Å². The SMILES string of the molecule is CCCC(=O)c1ccc(CC(C)CC)c(N(Cc2ccccc2)C2CCCC2)n1. The number of ketones is 1. The van der Waals surface area contributed by atoms with Gasteiger partial charge in [-0.2, -0.15) is 0 Å². The summed E-state index contributed by atoms with van der Waals surface area (Å²) in [6, 6.07) is 15.3.